The highest BCUT2D eigenvalue weighted by Crippen LogP contribution is 2.29. The molecular weight excluding hydrogens is 226 g/mol. The molecule has 1 aliphatic rings. The molecule has 104 valence electrons. The average Bonchev–Trinajstić information content (AvgIpc) is 2.44. The summed E-state index contributed by atoms with van der Waals surface area (Å²) in [6.45, 7) is 8.41. The lowest BCUT2D eigenvalue weighted by Gasteiger charge is -2.35. The van der Waals surface area contributed by atoms with Crippen LogP contribution in [0.15, 0.2) is 0 Å². The first kappa shape index (κ1) is 15.4. The second-order valence-electron chi connectivity index (χ2n) is 5.08. The predicted octanol–water partition coefficient (Wildman–Crippen LogP) is 1.77. The quantitative estimate of drug-likeness (QED) is 0.751. The highest BCUT2D eigenvalue weighted by molar-refractivity contribution is 5.09. The van der Waals surface area contributed by atoms with E-state index < -0.39 is 0 Å². The normalized spacial score (nSPS) is 28.3. The molecule has 0 unspecified atom stereocenters. The fourth-order valence-electron chi connectivity index (χ4n) is 2.64. The average molecular weight is 253 g/mol. The lowest BCUT2D eigenvalue weighted by Crippen LogP contribution is -2.50. The Morgan fingerprint density at radius 3 is 2.39 bits per heavy atom. The molecule has 1 N–H and O–H groups in total. The lowest BCUT2D eigenvalue weighted by atomic mass is 9.81. The molecule has 1 aliphatic carbocycles. The monoisotopic (exact) mass is 253 g/mol. The summed E-state index contributed by atoms with van der Waals surface area (Å²) in [7, 11) is 1.76. The number of nitrogens with one attached hydrogen (secondary N) is 1. The standard InChI is InChI=1S/C14H27N3O/c1-4-17(5-2)11-10-16-14(12-15)8-6-13(18-3)7-9-14/h13,16H,4-11H2,1-3H3. The van der Waals surface area contributed by atoms with Crippen molar-refractivity contribution >= 4 is 0 Å². The van der Waals surface area contributed by atoms with Crippen molar-refractivity contribution in [3.63, 3.8) is 0 Å². The van der Waals surface area contributed by atoms with Crippen LogP contribution in [-0.4, -0.2) is 49.8 Å². The van der Waals surface area contributed by atoms with Crippen molar-refractivity contribution in [2.24, 2.45) is 0 Å². The number of ether oxygens (including phenoxy) is 1. The second kappa shape index (κ2) is 7.73. The van der Waals surface area contributed by atoms with E-state index in [0.29, 0.717) is 6.10 Å². The van der Waals surface area contributed by atoms with E-state index >= 15 is 0 Å². The van der Waals surface area contributed by atoms with Gasteiger partial charge in [-0.15, -0.1) is 0 Å². The Bertz CT molecular complexity index is 263. The molecule has 0 amide bonds. The minimum absolute atomic E-state index is 0.317. The van der Waals surface area contributed by atoms with Crippen LogP contribution >= 0.6 is 0 Å². The largest absolute Gasteiger partial charge is 0.381 e. The minimum Gasteiger partial charge on any atom is -0.381 e. The van der Waals surface area contributed by atoms with Gasteiger partial charge in [-0.1, -0.05) is 13.8 Å². The van der Waals surface area contributed by atoms with Crippen molar-refractivity contribution in [2.75, 3.05) is 33.3 Å². The number of methoxy groups -OCH3 is 1. The van der Waals surface area contributed by atoms with Crippen molar-refractivity contribution in [1.82, 2.24) is 10.2 Å². The van der Waals surface area contributed by atoms with Crippen LogP contribution in [0.4, 0.5) is 0 Å². The van der Waals surface area contributed by atoms with E-state index in [1.54, 1.807) is 7.11 Å². The van der Waals surface area contributed by atoms with E-state index in [1.807, 2.05) is 0 Å². The van der Waals surface area contributed by atoms with Gasteiger partial charge in [0.05, 0.1) is 12.2 Å². The van der Waals surface area contributed by atoms with Crippen LogP contribution in [-0.2, 0) is 4.74 Å². The molecule has 1 fully saturated rings. The predicted molar refractivity (Wildman–Crippen MR) is 73.4 cm³/mol. The zero-order chi connectivity index (χ0) is 13.4. The van der Waals surface area contributed by atoms with Crippen LogP contribution in [0.1, 0.15) is 39.5 Å². The number of hydrogen-bond acceptors (Lipinski definition) is 4. The molecule has 4 heteroatoms. The molecule has 0 aromatic heterocycles. The number of nitriles is 1. The van der Waals surface area contributed by atoms with E-state index in [1.165, 1.54) is 0 Å². The van der Waals surface area contributed by atoms with Crippen molar-refractivity contribution < 1.29 is 4.74 Å². The third kappa shape index (κ3) is 4.24. The summed E-state index contributed by atoms with van der Waals surface area (Å²) >= 11 is 0. The Hall–Kier alpha value is -0.630. The van der Waals surface area contributed by atoms with Gasteiger partial charge < -0.3 is 9.64 Å². The summed E-state index contributed by atoms with van der Waals surface area (Å²) in [6.07, 6.45) is 4.13. The summed E-state index contributed by atoms with van der Waals surface area (Å²) in [5.41, 5.74) is -0.317. The fraction of sp³-hybridized carbons (Fsp3) is 0.929. The van der Waals surface area contributed by atoms with Crippen LogP contribution in [0.2, 0.25) is 0 Å². The van der Waals surface area contributed by atoms with E-state index in [0.717, 1.165) is 51.9 Å². The molecule has 0 spiro atoms. The van der Waals surface area contributed by atoms with Gasteiger partial charge in [-0.3, -0.25) is 5.32 Å². The van der Waals surface area contributed by atoms with E-state index in [9.17, 15) is 5.26 Å². The lowest BCUT2D eigenvalue weighted by molar-refractivity contribution is 0.0520. The molecule has 0 heterocycles. The number of likely N-dealkylation sites (N-methyl/N-ethyl adjacent to an activating group) is 1. The van der Waals surface area contributed by atoms with Crippen molar-refractivity contribution in [1.29, 1.82) is 5.26 Å². The molecule has 4 nitrogen and oxygen atoms in total. The molecular formula is C14H27N3O. The molecule has 18 heavy (non-hydrogen) atoms. The van der Waals surface area contributed by atoms with Crippen LogP contribution in [0, 0.1) is 11.3 Å². The molecule has 1 rings (SSSR count). The maximum Gasteiger partial charge on any atom is 0.107 e. The van der Waals surface area contributed by atoms with Gasteiger partial charge in [0.1, 0.15) is 5.54 Å². The van der Waals surface area contributed by atoms with Gasteiger partial charge >= 0.3 is 0 Å². The van der Waals surface area contributed by atoms with Gasteiger partial charge in [0.25, 0.3) is 0 Å². The van der Waals surface area contributed by atoms with E-state index in [4.69, 9.17) is 4.74 Å². The summed E-state index contributed by atoms with van der Waals surface area (Å²) in [5.74, 6) is 0. The SMILES string of the molecule is CCN(CC)CCNC1(C#N)CCC(OC)CC1. The zero-order valence-electron chi connectivity index (χ0n) is 12.0. The van der Waals surface area contributed by atoms with Crippen LogP contribution in [0.5, 0.6) is 0 Å². The molecule has 0 radical (unpaired) electrons. The molecule has 0 aromatic rings. The summed E-state index contributed by atoms with van der Waals surface area (Å²) in [6, 6.07) is 2.49. The Balaban J connectivity index is 2.36. The fourth-order valence-corrected chi connectivity index (χ4v) is 2.64. The Morgan fingerprint density at radius 2 is 1.94 bits per heavy atom. The molecule has 0 aromatic carbocycles. The second-order valence-corrected chi connectivity index (χ2v) is 5.08. The topological polar surface area (TPSA) is 48.3 Å². The van der Waals surface area contributed by atoms with E-state index in [-0.39, 0.29) is 5.54 Å². The van der Waals surface area contributed by atoms with Gasteiger partial charge in [0, 0.05) is 20.2 Å². The molecule has 1 saturated carbocycles. The smallest absolute Gasteiger partial charge is 0.107 e. The minimum atomic E-state index is -0.317. The third-order valence-electron chi connectivity index (χ3n) is 4.12. The van der Waals surface area contributed by atoms with Crippen molar-refractivity contribution in [3.05, 3.63) is 0 Å². The highest BCUT2D eigenvalue weighted by atomic mass is 16.5. The van der Waals surface area contributed by atoms with Gasteiger partial charge in [0.15, 0.2) is 0 Å². The van der Waals surface area contributed by atoms with Gasteiger partial charge in [0.2, 0.25) is 0 Å². The first-order chi connectivity index (χ1) is 8.69. The van der Waals surface area contributed by atoms with E-state index in [2.05, 4.69) is 30.1 Å². The summed E-state index contributed by atoms with van der Waals surface area (Å²) in [5, 5.41) is 12.9. The number of hydrogen-bond donors (Lipinski definition) is 1. The van der Waals surface area contributed by atoms with Crippen LogP contribution in [0.25, 0.3) is 0 Å². The van der Waals surface area contributed by atoms with Crippen LogP contribution in [0.3, 0.4) is 0 Å². The maximum atomic E-state index is 9.41. The summed E-state index contributed by atoms with van der Waals surface area (Å²) < 4.78 is 5.36. The first-order valence-corrected chi connectivity index (χ1v) is 7.11. The maximum absolute atomic E-state index is 9.41. The van der Waals surface area contributed by atoms with Gasteiger partial charge in [-0.2, -0.15) is 5.26 Å². The van der Waals surface area contributed by atoms with Gasteiger partial charge in [-0.25, -0.2) is 0 Å². The molecule has 0 atom stereocenters. The Kier molecular flexibility index (Phi) is 6.62. The third-order valence-corrected chi connectivity index (χ3v) is 4.12. The van der Waals surface area contributed by atoms with Gasteiger partial charge in [-0.05, 0) is 38.8 Å². The van der Waals surface area contributed by atoms with Crippen LogP contribution < -0.4 is 5.32 Å². The summed E-state index contributed by atoms with van der Waals surface area (Å²) in [4.78, 5) is 2.37. The number of rotatable bonds is 7. The molecule has 0 bridgehead atoms. The van der Waals surface area contributed by atoms with Crippen molar-refractivity contribution in [3.8, 4) is 6.07 Å². The van der Waals surface area contributed by atoms with Crippen molar-refractivity contribution in [2.45, 2.75) is 51.2 Å². The molecule has 0 aliphatic heterocycles. The highest BCUT2D eigenvalue weighted by Gasteiger charge is 2.34. The Morgan fingerprint density at radius 1 is 1.33 bits per heavy atom. The Labute approximate surface area is 111 Å². The number of nitrogens with zero attached hydrogens (tertiary/aromatic N) is 2. The molecule has 0 saturated heterocycles. The first-order valence-electron chi connectivity index (χ1n) is 7.11. The zero-order valence-corrected chi connectivity index (χ0v) is 12.0.